The molecule has 0 aliphatic heterocycles. The van der Waals surface area contributed by atoms with Gasteiger partial charge in [-0.15, -0.1) is 5.10 Å². The van der Waals surface area contributed by atoms with Crippen LogP contribution in [0.15, 0.2) is 35.4 Å². The van der Waals surface area contributed by atoms with Crippen molar-refractivity contribution in [3.63, 3.8) is 0 Å². The molecule has 2 rings (SSSR count). The van der Waals surface area contributed by atoms with E-state index in [4.69, 9.17) is 16.3 Å². The molecule has 0 radical (unpaired) electrons. The number of carbonyl (C=O) groups excluding carboxylic acids is 1. The summed E-state index contributed by atoms with van der Waals surface area (Å²) in [6.45, 7) is 0.0712. The fourth-order valence-electron chi connectivity index (χ4n) is 1.61. The number of thioether (sulfide) groups is 1. The van der Waals surface area contributed by atoms with Gasteiger partial charge in [0.1, 0.15) is 12.6 Å². The summed E-state index contributed by atoms with van der Waals surface area (Å²) < 4.78 is 19.3. The third-order valence-electron chi connectivity index (χ3n) is 2.47. The number of carbonyl (C=O) groups is 1. The van der Waals surface area contributed by atoms with Crippen LogP contribution in [-0.2, 0) is 6.61 Å². The van der Waals surface area contributed by atoms with Crippen molar-refractivity contribution in [1.29, 1.82) is 0 Å². The molecule has 0 saturated carbocycles. The standard InChI is InChI=1S/C12H10ClFN2O2S2/c13-12(17)8-2-1-3-10(20-7-14)9(8)6-18-11-4-5-16(19)15-11/h1-5,19H,6-7H2. The molecule has 0 atom stereocenters. The number of hydrogen-bond acceptors (Lipinski definition) is 5. The zero-order valence-electron chi connectivity index (χ0n) is 10.1. The van der Waals surface area contributed by atoms with E-state index < -0.39 is 11.2 Å². The van der Waals surface area contributed by atoms with Gasteiger partial charge < -0.3 is 4.74 Å². The molecule has 1 aromatic carbocycles. The lowest BCUT2D eigenvalue weighted by atomic mass is 10.1. The van der Waals surface area contributed by atoms with Crippen LogP contribution in [0.2, 0.25) is 0 Å². The van der Waals surface area contributed by atoms with Crippen molar-refractivity contribution < 1.29 is 13.9 Å². The summed E-state index contributed by atoms with van der Waals surface area (Å²) in [6.07, 6.45) is 1.61. The Hall–Kier alpha value is -1.18. The number of alkyl halides is 1. The van der Waals surface area contributed by atoms with E-state index in [9.17, 15) is 9.18 Å². The van der Waals surface area contributed by atoms with Gasteiger partial charge in [0.25, 0.3) is 5.24 Å². The van der Waals surface area contributed by atoms with E-state index >= 15 is 0 Å². The number of ether oxygens (including phenoxy) is 1. The monoisotopic (exact) mass is 332 g/mol. The van der Waals surface area contributed by atoms with Crippen molar-refractivity contribution in [3.8, 4) is 5.88 Å². The maximum atomic E-state index is 12.5. The minimum atomic E-state index is -0.607. The predicted molar refractivity (Wildman–Crippen MR) is 79.4 cm³/mol. The first kappa shape index (κ1) is 15.2. The molecule has 20 heavy (non-hydrogen) atoms. The average Bonchev–Trinajstić information content (AvgIpc) is 2.83. The van der Waals surface area contributed by atoms with E-state index in [0.29, 0.717) is 21.9 Å². The van der Waals surface area contributed by atoms with Crippen molar-refractivity contribution in [2.45, 2.75) is 11.5 Å². The molecule has 0 fully saturated rings. The zero-order valence-corrected chi connectivity index (χ0v) is 12.6. The molecule has 4 nitrogen and oxygen atoms in total. The van der Waals surface area contributed by atoms with E-state index in [1.54, 1.807) is 30.5 Å². The molecule has 2 aromatic rings. The van der Waals surface area contributed by atoms with Crippen molar-refractivity contribution >= 4 is 41.4 Å². The molecule has 0 aliphatic carbocycles. The summed E-state index contributed by atoms with van der Waals surface area (Å²) in [4.78, 5) is 12.0. The highest BCUT2D eigenvalue weighted by molar-refractivity contribution is 7.99. The van der Waals surface area contributed by atoms with Crippen LogP contribution in [0.25, 0.3) is 0 Å². The highest BCUT2D eigenvalue weighted by atomic mass is 35.5. The summed E-state index contributed by atoms with van der Waals surface area (Å²) >= 11 is 10.5. The lowest BCUT2D eigenvalue weighted by Gasteiger charge is -2.11. The summed E-state index contributed by atoms with van der Waals surface area (Å²) in [7, 11) is 0. The molecule has 106 valence electrons. The molecule has 0 N–H and O–H groups in total. The molecule has 0 aliphatic rings. The van der Waals surface area contributed by atoms with Gasteiger partial charge in [-0.25, -0.2) is 8.48 Å². The van der Waals surface area contributed by atoms with Crippen LogP contribution in [0.5, 0.6) is 5.88 Å². The Morgan fingerprint density at radius 3 is 2.90 bits per heavy atom. The van der Waals surface area contributed by atoms with Gasteiger partial charge in [-0.1, -0.05) is 17.8 Å². The van der Waals surface area contributed by atoms with Crippen molar-refractivity contribution in [1.82, 2.24) is 9.19 Å². The third-order valence-corrected chi connectivity index (χ3v) is 3.70. The number of rotatable bonds is 6. The number of nitrogens with zero attached hydrogens (tertiary/aromatic N) is 2. The molecule has 0 amide bonds. The fourth-order valence-corrected chi connectivity index (χ4v) is 2.58. The smallest absolute Gasteiger partial charge is 0.252 e. The Labute approximate surface area is 129 Å². The quantitative estimate of drug-likeness (QED) is 0.499. The third kappa shape index (κ3) is 3.68. The number of thiol groups is 1. The first-order valence-electron chi connectivity index (χ1n) is 5.50. The van der Waals surface area contributed by atoms with Crippen LogP contribution in [0, 0.1) is 0 Å². The topological polar surface area (TPSA) is 44.1 Å². The van der Waals surface area contributed by atoms with E-state index in [1.165, 1.54) is 4.09 Å². The second-order valence-corrected chi connectivity index (χ2v) is 5.37. The summed E-state index contributed by atoms with van der Waals surface area (Å²) in [5.41, 5.74) is 0.847. The Bertz CT molecular complexity index is 621. The zero-order chi connectivity index (χ0) is 14.5. The Kier molecular flexibility index (Phi) is 5.33. The predicted octanol–water partition coefficient (Wildman–Crippen LogP) is 3.55. The largest absolute Gasteiger partial charge is 0.472 e. The van der Waals surface area contributed by atoms with Gasteiger partial charge in [-0.3, -0.25) is 4.79 Å². The molecule has 8 heteroatoms. The second kappa shape index (κ2) is 7.01. The normalized spacial score (nSPS) is 10.6. The molecular weight excluding hydrogens is 323 g/mol. The molecular formula is C12H10ClFN2O2S2. The molecule has 0 unspecified atom stereocenters. The number of benzene rings is 1. The van der Waals surface area contributed by atoms with E-state index in [2.05, 4.69) is 17.9 Å². The Balaban J connectivity index is 2.25. The van der Waals surface area contributed by atoms with Gasteiger partial charge in [-0.2, -0.15) is 0 Å². The first-order valence-corrected chi connectivity index (χ1v) is 7.26. The summed E-state index contributed by atoms with van der Waals surface area (Å²) in [5, 5.41) is 3.33. The average molecular weight is 333 g/mol. The van der Waals surface area contributed by atoms with Gasteiger partial charge in [0.15, 0.2) is 0 Å². The number of hydrogen-bond donors (Lipinski definition) is 1. The van der Waals surface area contributed by atoms with E-state index in [1.807, 2.05) is 0 Å². The van der Waals surface area contributed by atoms with Crippen LogP contribution >= 0.6 is 36.2 Å². The van der Waals surface area contributed by atoms with Gasteiger partial charge >= 0.3 is 0 Å². The van der Waals surface area contributed by atoms with Gasteiger partial charge in [0.05, 0.1) is 0 Å². The van der Waals surface area contributed by atoms with Crippen LogP contribution in [-0.4, -0.2) is 20.4 Å². The maximum absolute atomic E-state index is 12.5. The highest BCUT2D eigenvalue weighted by Gasteiger charge is 2.14. The lowest BCUT2D eigenvalue weighted by molar-refractivity contribution is 0.107. The SMILES string of the molecule is O=C(Cl)c1cccc(SCF)c1COc1ccn(S)n1. The minimum Gasteiger partial charge on any atom is -0.472 e. The van der Waals surface area contributed by atoms with Crippen LogP contribution < -0.4 is 4.74 Å². The molecule has 0 bridgehead atoms. The van der Waals surface area contributed by atoms with Crippen LogP contribution in [0.4, 0.5) is 4.39 Å². The van der Waals surface area contributed by atoms with Gasteiger partial charge in [-0.05, 0) is 36.5 Å². The van der Waals surface area contributed by atoms with E-state index in [0.717, 1.165) is 11.8 Å². The lowest BCUT2D eigenvalue weighted by Crippen LogP contribution is -2.05. The second-order valence-electron chi connectivity index (χ2n) is 3.67. The molecule has 0 saturated heterocycles. The molecule has 1 heterocycles. The molecule has 0 spiro atoms. The van der Waals surface area contributed by atoms with Crippen LogP contribution in [0.1, 0.15) is 15.9 Å². The Morgan fingerprint density at radius 1 is 1.50 bits per heavy atom. The van der Waals surface area contributed by atoms with Crippen molar-refractivity contribution in [2.24, 2.45) is 0 Å². The van der Waals surface area contributed by atoms with Crippen molar-refractivity contribution in [2.75, 3.05) is 6.01 Å². The summed E-state index contributed by atoms with van der Waals surface area (Å²) in [5.74, 6) is 0.355. The number of aromatic nitrogens is 2. The Morgan fingerprint density at radius 2 is 2.30 bits per heavy atom. The minimum absolute atomic E-state index is 0.0712. The first-order chi connectivity index (χ1) is 9.61. The van der Waals surface area contributed by atoms with Gasteiger partial charge in [0, 0.05) is 28.3 Å². The fraction of sp³-hybridized carbons (Fsp3) is 0.167. The van der Waals surface area contributed by atoms with Gasteiger partial charge in [0.2, 0.25) is 5.88 Å². The summed E-state index contributed by atoms with van der Waals surface area (Å²) in [6, 6.07) is 5.97. The number of halogens is 2. The highest BCUT2D eigenvalue weighted by Crippen LogP contribution is 2.28. The van der Waals surface area contributed by atoms with Crippen molar-refractivity contribution in [3.05, 3.63) is 41.6 Å². The molecule has 1 aromatic heterocycles. The van der Waals surface area contributed by atoms with Crippen LogP contribution in [0.3, 0.4) is 0 Å². The van der Waals surface area contributed by atoms with E-state index in [-0.39, 0.29) is 6.61 Å². The maximum Gasteiger partial charge on any atom is 0.252 e.